The number of rotatable bonds is 7. The Balaban J connectivity index is 1.47. The van der Waals surface area contributed by atoms with Crippen LogP contribution in [0, 0.1) is 0 Å². The van der Waals surface area contributed by atoms with Crippen molar-refractivity contribution in [3.63, 3.8) is 0 Å². The van der Waals surface area contributed by atoms with Crippen LogP contribution in [0.1, 0.15) is 18.1 Å². The Kier molecular flexibility index (Phi) is 6.98. The van der Waals surface area contributed by atoms with Crippen LogP contribution in [-0.4, -0.2) is 37.9 Å². The maximum atomic E-state index is 13.7. The predicted octanol–water partition coefficient (Wildman–Crippen LogP) is 4.50. The molecule has 0 bridgehead atoms. The van der Waals surface area contributed by atoms with E-state index in [0.29, 0.717) is 16.9 Å². The van der Waals surface area contributed by atoms with Crippen LogP contribution >= 0.6 is 0 Å². The highest BCUT2D eigenvalue weighted by Gasteiger charge is 2.37. The molecule has 5 rings (SSSR count). The van der Waals surface area contributed by atoms with Gasteiger partial charge in [0, 0.05) is 6.42 Å². The Morgan fingerprint density at radius 3 is 2.24 bits per heavy atom. The molecule has 7 nitrogen and oxygen atoms in total. The number of nitrogens with one attached hydrogen (secondary N) is 1. The van der Waals surface area contributed by atoms with Gasteiger partial charge in [0.25, 0.3) is 21.8 Å². The largest absolute Gasteiger partial charge is 0.477 e. The van der Waals surface area contributed by atoms with E-state index in [9.17, 15) is 18.0 Å². The number of hydrogen-bond acceptors (Lipinski definition) is 5. The van der Waals surface area contributed by atoms with Gasteiger partial charge in [0.2, 0.25) is 0 Å². The molecule has 1 aliphatic rings. The Labute approximate surface area is 221 Å². The van der Waals surface area contributed by atoms with Crippen molar-refractivity contribution in [1.29, 1.82) is 0 Å². The van der Waals surface area contributed by atoms with E-state index in [1.165, 1.54) is 17.0 Å². The van der Waals surface area contributed by atoms with Crippen molar-refractivity contribution in [2.75, 3.05) is 6.73 Å². The monoisotopic (exact) mass is 526 g/mol. The number of hydrogen-bond donors (Lipinski definition) is 1. The number of carbonyl (C=O) groups is 2. The number of sulfonamides is 1. The van der Waals surface area contributed by atoms with E-state index in [2.05, 4.69) is 4.72 Å². The molecule has 38 heavy (non-hydrogen) atoms. The molecule has 0 spiro atoms. The Morgan fingerprint density at radius 2 is 1.53 bits per heavy atom. The molecule has 192 valence electrons. The second-order valence-electron chi connectivity index (χ2n) is 9.03. The quantitative estimate of drug-likeness (QED) is 0.383. The lowest BCUT2D eigenvalue weighted by molar-refractivity contribution is -0.142. The molecule has 2 amide bonds. The summed E-state index contributed by atoms with van der Waals surface area (Å²) in [6.07, 6.45) is 0.107. The molecule has 4 aromatic rings. The lowest BCUT2D eigenvalue weighted by Crippen LogP contribution is -2.54. The second kappa shape index (κ2) is 10.5. The van der Waals surface area contributed by atoms with Gasteiger partial charge in [0.1, 0.15) is 11.8 Å². The normalized spacial score (nSPS) is 14.8. The van der Waals surface area contributed by atoms with Crippen molar-refractivity contribution in [3.8, 4) is 0 Å². The molecule has 0 saturated carbocycles. The molecule has 8 heteroatoms. The fourth-order valence-corrected chi connectivity index (χ4v) is 5.58. The summed E-state index contributed by atoms with van der Waals surface area (Å²) < 4.78 is 34.6. The van der Waals surface area contributed by atoms with E-state index >= 15 is 0 Å². The Morgan fingerprint density at radius 1 is 0.895 bits per heavy atom. The van der Waals surface area contributed by atoms with Crippen molar-refractivity contribution in [1.82, 2.24) is 9.62 Å². The molecular formula is C30H26N2O5S. The number of ether oxygens (including phenoxy) is 1. The molecule has 1 aliphatic heterocycles. The highest BCUT2D eigenvalue weighted by Crippen LogP contribution is 2.28. The van der Waals surface area contributed by atoms with Crippen molar-refractivity contribution >= 4 is 38.2 Å². The standard InChI is InChI=1S/C30H26N2O5S/c1-21-28(24-13-6-3-7-14-24)30(34)32(20-37-21)27(18-22-10-4-2-5-11-22)29(33)31-38(35,36)26-17-16-23-12-8-9-15-25(23)19-26/h2-17,19,27H,18,20H2,1H3,(H,31,33)/t27-/m0/s1. The van der Waals surface area contributed by atoms with Crippen LogP contribution in [0.5, 0.6) is 0 Å². The summed E-state index contributed by atoms with van der Waals surface area (Å²) in [6, 6.07) is 29.1. The number of amides is 2. The summed E-state index contributed by atoms with van der Waals surface area (Å²) in [5, 5.41) is 1.61. The zero-order valence-electron chi connectivity index (χ0n) is 20.7. The van der Waals surface area contributed by atoms with Gasteiger partial charge in [-0.3, -0.25) is 14.5 Å². The first-order valence-corrected chi connectivity index (χ1v) is 13.6. The number of benzene rings is 4. The van der Waals surface area contributed by atoms with Gasteiger partial charge in [-0.1, -0.05) is 91.0 Å². The molecule has 0 radical (unpaired) electrons. The third-order valence-corrected chi connectivity index (χ3v) is 7.87. The molecule has 0 fully saturated rings. The van der Waals surface area contributed by atoms with Crippen LogP contribution in [0.3, 0.4) is 0 Å². The minimum atomic E-state index is -4.21. The topological polar surface area (TPSA) is 92.8 Å². The van der Waals surface area contributed by atoms with Gasteiger partial charge < -0.3 is 4.74 Å². The number of allylic oxidation sites excluding steroid dienone is 1. The van der Waals surface area contributed by atoms with Crippen LogP contribution in [0.15, 0.2) is 114 Å². The summed E-state index contributed by atoms with van der Waals surface area (Å²) in [7, 11) is -4.21. The molecule has 4 aromatic carbocycles. The second-order valence-corrected chi connectivity index (χ2v) is 10.7. The van der Waals surface area contributed by atoms with Gasteiger partial charge in [-0.15, -0.1) is 0 Å². The minimum Gasteiger partial charge on any atom is -0.477 e. The zero-order valence-corrected chi connectivity index (χ0v) is 21.5. The van der Waals surface area contributed by atoms with Crippen LogP contribution in [0.4, 0.5) is 0 Å². The van der Waals surface area contributed by atoms with Gasteiger partial charge in [-0.05, 0) is 41.0 Å². The van der Waals surface area contributed by atoms with E-state index in [0.717, 1.165) is 16.3 Å². The molecule has 0 aliphatic carbocycles. The Bertz CT molecular complexity index is 1630. The highest BCUT2D eigenvalue weighted by molar-refractivity contribution is 7.90. The van der Waals surface area contributed by atoms with Crippen molar-refractivity contribution in [2.45, 2.75) is 24.3 Å². The van der Waals surface area contributed by atoms with Crippen LogP contribution in [-0.2, 0) is 30.8 Å². The fraction of sp³-hybridized carbons (Fsp3) is 0.133. The molecular weight excluding hydrogens is 500 g/mol. The predicted molar refractivity (Wildman–Crippen MR) is 145 cm³/mol. The minimum absolute atomic E-state index is 0.0371. The zero-order chi connectivity index (χ0) is 26.7. The highest BCUT2D eigenvalue weighted by atomic mass is 32.2. The number of carbonyl (C=O) groups excluding carboxylic acids is 2. The molecule has 1 atom stereocenters. The van der Waals surface area contributed by atoms with Gasteiger partial charge in [-0.25, -0.2) is 13.1 Å². The van der Waals surface area contributed by atoms with Crippen LogP contribution < -0.4 is 4.72 Å². The first-order chi connectivity index (χ1) is 18.3. The maximum Gasteiger partial charge on any atom is 0.264 e. The van der Waals surface area contributed by atoms with Crippen LogP contribution in [0.2, 0.25) is 0 Å². The van der Waals surface area contributed by atoms with E-state index < -0.39 is 27.9 Å². The van der Waals surface area contributed by atoms with E-state index in [1.54, 1.807) is 31.2 Å². The van der Waals surface area contributed by atoms with Gasteiger partial charge in [0.05, 0.1) is 10.5 Å². The molecule has 1 N–H and O–H groups in total. The fourth-order valence-electron chi connectivity index (χ4n) is 4.53. The van der Waals surface area contributed by atoms with E-state index in [4.69, 9.17) is 4.74 Å². The smallest absolute Gasteiger partial charge is 0.264 e. The molecule has 0 aromatic heterocycles. The third kappa shape index (κ3) is 5.17. The summed E-state index contributed by atoms with van der Waals surface area (Å²) in [6.45, 7) is 1.52. The first kappa shape index (κ1) is 25.2. The summed E-state index contributed by atoms with van der Waals surface area (Å²) in [5.74, 6) is -0.773. The lowest BCUT2D eigenvalue weighted by atomic mass is 9.99. The number of fused-ring (bicyclic) bond motifs is 1. The van der Waals surface area contributed by atoms with Crippen molar-refractivity contribution < 1.29 is 22.7 Å². The van der Waals surface area contributed by atoms with Gasteiger partial charge in [0.15, 0.2) is 6.73 Å². The third-order valence-electron chi connectivity index (χ3n) is 6.53. The summed E-state index contributed by atoms with van der Waals surface area (Å²) in [4.78, 5) is 28.6. The molecule has 0 unspecified atom stereocenters. The number of nitrogens with zero attached hydrogens (tertiary/aromatic N) is 1. The first-order valence-electron chi connectivity index (χ1n) is 12.1. The molecule has 0 saturated heterocycles. The SMILES string of the molecule is CC1=C(c2ccccc2)C(=O)N([C@@H](Cc2ccccc2)C(=O)NS(=O)(=O)c2ccc3ccccc3c2)CO1. The molecule has 1 heterocycles. The van der Waals surface area contributed by atoms with Gasteiger partial charge >= 0.3 is 0 Å². The maximum absolute atomic E-state index is 13.7. The summed E-state index contributed by atoms with van der Waals surface area (Å²) >= 11 is 0. The summed E-state index contributed by atoms with van der Waals surface area (Å²) in [5.41, 5.74) is 1.76. The van der Waals surface area contributed by atoms with E-state index in [1.807, 2.05) is 66.7 Å². The average molecular weight is 527 g/mol. The van der Waals surface area contributed by atoms with E-state index in [-0.39, 0.29) is 18.0 Å². The lowest BCUT2D eigenvalue weighted by Gasteiger charge is -2.35. The van der Waals surface area contributed by atoms with Crippen molar-refractivity contribution in [3.05, 3.63) is 120 Å². The average Bonchev–Trinajstić information content (AvgIpc) is 2.93. The Hall–Kier alpha value is -4.43. The van der Waals surface area contributed by atoms with Gasteiger partial charge in [-0.2, -0.15) is 0 Å². The van der Waals surface area contributed by atoms with Crippen molar-refractivity contribution in [2.24, 2.45) is 0 Å². The van der Waals surface area contributed by atoms with Crippen LogP contribution in [0.25, 0.3) is 16.3 Å².